The van der Waals surface area contributed by atoms with E-state index in [-0.39, 0.29) is 5.82 Å². The van der Waals surface area contributed by atoms with Gasteiger partial charge in [0.15, 0.2) is 0 Å². The van der Waals surface area contributed by atoms with Gasteiger partial charge in [-0.1, -0.05) is 25.7 Å². The van der Waals surface area contributed by atoms with Crippen LogP contribution < -0.4 is 5.73 Å². The SMILES string of the molecule is Nc1nc2ccc(F)cc2n1CCCC1CCCC1. The maximum atomic E-state index is 13.3. The highest BCUT2D eigenvalue weighted by atomic mass is 19.1. The molecule has 4 heteroatoms. The van der Waals surface area contributed by atoms with Crippen molar-refractivity contribution in [1.29, 1.82) is 0 Å². The van der Waals surface area contributed by atoms with Gasteiger partial charge in [0.25, 0.3) is 0 Å². The van der Waals surface area contributed by atoms with Crippen molar-refractivity contribution in [3.63, 3.8) is 0 Å². The molecule has 3 rings (SSSR count). The summed E-state index contributed by atoms with van der Waals surface area (Å²) in [5, 5.41) is 0. The summed E-state index contributed by atoms with van der Waals surface area (Å²) in [5.74, 6) is 1.14. The van der Waals surface area contributed by atoms with Crippen molar-refractivity contribution < 1.29 is 4.39 Å². The topological polar surface area (TPSA) is 43.8 Å². The predicted octanol–water partition coefficient (Wildman–Crippen LogP) is 3.73. The van der Waals surface area contributed by atoms with Crippen molar-refractivity contribution >= 4 is 17.0 Å². The Morgan fingerprint density at radius 1 is 1.32 bits per heavy atom. The minimum Gasteiger partial charge on any atom is -0.369 e. The fourth-order valence-corrected chi connectivity index (χ4v) is 3.19. The van der Waals surface area contributed by atoms with E-state index in [9.17, 15) is 4.39 Å². The number of imidazole rings is 1. The van der Waals surface area contributed by atoms with Crippen molar-refractivity contribution in [3.05, 3.63) is 24.0 Å². The fourth-order valence-electron chi connectivity index (χ4n) is 3.19. The Morgan fingerprint density at radius 3 is 2.89 bits per heavy atom. The van der Waals surface area contributed by atoms with Crippen LogP contribution in [0.25, 0.3) is 11.0 Å². The number of hydrogen-bond acceptors (Lipinski definition) is 2. The minimum atomic E-state index is -0.232. The highest BCUT2D eigenvalue weighted by Crippen LogP contribution is 2.29. The lowest BCUT2D eigenvalue weighted by atomic mass is 10.0. The molecule has 2 N–H and O–H groups in total. The fraction of sp³-hybridized carbons (Fsp3) is 0.533. The number of hydrogen-bond donors (Lipinski definition) is 1. The van der Waals surface area contributed by atoms with Gasteiger partial charge in [-0.2, -0.15) is 0 Å². The van der Waals surface area contributed by atoms with E-state index in [2.05, 4.69) is 4.98 Å². The Morgan fingerprint density at radius 2 is 2.11 bits per heavy atom. The van der Waals surface area contributed by atoms with E-state index in [0.717, 1.165) is 29.9 Å². The van der Waals surface area contributed by atoms with Crippen molar-refractivity contribution in [2.75, 3.05) is 5.73 Å². The standard InChI is InChI=1S/C15H20FN3/c16-12-7-8-13-14(10-12)19(15(17)18-13)9-3-6-11-4-1-2-5-11/h7-8,10-11H,1-6,9H2,(H2,17,18). The lowest BCUT2D eigenvalue weighted by Gasteiger charge is -2.10. The molecule has 0 bridgehead atoms. The number of nitrogens with zero attached hydrogens (tertiary/aromatic N) is 2. The van der Waals surface area contributed by atoms with Crippen molar-refractivity contribution in [2.24, 2.45) is 5.92 Å². The highest BCUT2D eigenvalue weighted by molar-refractivity contribution is 5.78. The average molecular weight is 261 g/mol. The zero-order chi connectivity index (χ0) is 13.2. The first-order chi connectivity index (χ1) is 9.24. The first kappa shape index (κ1) is 12.5. The van der Waals surface area contributed by atoms with Gasteiger partial charge in [-0.25, -0.2) is 9.37 Å². The van der Waals surface area contributed by atoms with E-state index in [1.54, 1.807) is 6.07 Å². The number of aromatic nitrogens is 2. The number of rotatable bonds is 4. The molecule has 0 spiro atoms. The molecule has 19 heavy (non-hydrogen) atoms. The first-order valence-corrected chi connectivity index (χ1v) is 7.15. The van der Waals surface area contributed by atoms with Gasteiger partial charge in [0.2, 0.25) is 5.95 Å². The maximum Gasteiger partial charge on any atom is 0.201 e. The Kier molecular flexibility index (Phi) is 3.40. The molecule has 1 heterocycles. The predicted molar refractivity (Wildman–Crippen MR) is 75.3 cm³/mol. The van der Waals surface area contributed by atoms with E-state index >= 15 is 0 Å². The summed E-state index contributed by atoms with van der Waals surface area (Å²) in [6, 6.07) is 4.64. The second-order valence-electron chi connectivity index (χ2n) is 5.55. The first-order valence-electron chi connectivity index (χ1n) is 7.15. The van der Waals surface area contributed by atoms with Gasteiger partial charge < -0.3 is 10.3 Å². The minimum absolute atomic E-state index is 0.232. The molecule has 1 aliphatic rings. The lowest BCUT2D eigenvalue weighted by Crippen LogP contribution is -2.05. The molecule has 102 valence electrons. The zero-order valence-corrected chi connectivity index (χ0v) is 11.1. The van der Waals surface area contributed by atoms with Crippen LogP contribution in [0.2, 0.25) is 0 Å². The summed E-state index contributed by atoms with van der Waals surface area (Å²) in [7, 11) is 0. The molecule has 1 saturated carbocycles. The molecule has 0 atom stereocenters. The summed E-state index contributed by atoms with van der Waals surface area (Å²) in [6.45, 7) is 0.836. The maximum absolute atomic E-state index is 13.3. The Hall–Kier alpha value is -1.58. The molecule has 0 amide bonds. The molecule has 1 aliphatic carbocycles. The quantitative estimate of drug-likeness (QED) is 0.911. The molecule has 1 aromatic heterocycles. The number of nitrogens with two attached hydrogens (primary N) is 1. The molecule has 1 fully saturated rings. The molecular formula is C15H20FN3. The summed E-state index contributed by atoms with van der Waals surface area (Å²) >= 11 is 0. The van der Waals surface area contributed by atoms with Crippen molar-refractivity contribution in [3.8, 4) is 0 Å². The summed E-state index contributed by atoms with van der Waals surface area (Å²) in [5.41, 5.74) is 7.51. The van der Waals surface area contributed by atoms with E-state index in [4.69, 9.17) is 5.73 Å². The number of aryl methyl sites for hydroxylation is 1. The van der Waals surface area contributed by atoms with E-state index in [0.29, 0.717) is 5.95 Å². The van der Waals surface area contributed by atoms with Crippen LogP contribution in [0.4, 0.5) is 10.3 Å². The summed E-state index contributed by atoms with van der Waals surface area (Å²) in [4.78, 5) is 4.28. The van der Waals surface area contributed by atoms with Gasteiger partial charge in [0.05, 0.1) is 11.0 Å². The van der Waals surface area contributed by atoms with Crippen LogP contribution in [-0.2, 0) is 6.54 Å². The number of halogens is 1. The van der Waals surface area contributed by atoms with Crippen LogP contribution in [-0.4, -0.2) is 9.55 Å². The number of nitrogen functional groups attached to an aromatic ring is 1. The number of benzene rings is 1. The molecule has 0 aliphatic heterocycles. The largest absolute Gasteiger partial charge is 0.369 e. The van der Waals surface area contributed by atoms with Crippen LogP contribution >= 0.6 is 0 Å². The van der Waals surface area contributed by atoms with Gasteiger partial charge in [-0.15, -0.1) is 0 Å². The van der Waals surface area contributed by atoms with Crippen LogP contribution in [0.3, 0.4) is 0 Å². The number of anilines is 1. The van der Waals surface area contributed by atoms with Gasteiger partial charge >= 0.3 is 0 Å². The zero-order valence-electron chi connectivity index (χ0n) is 11.1. The average Bonchev–Trinajstić information content (AvgIpc) is 2.99. The van der Waals surface area contributed by atoms with Crippen LogP contribution in [0.1, 0.15) is 38.5 Å². The van der Waals surface area contributed by atoms with E-state index in [1.807, 2.05) is 4.57 Å². The molecule has 0 saturated heterocycles. The second kappa shape index (κ2) is 5.19. The van der Waals surface area contributed by atoms with Crippen molar-refractivity contribution in [2.45, 2.75) is 45.1 Å². The Labute approximate surface area is 112 Å². The van der Waals surface area contributed by atoms with E-state index in [1.165, 1.54) is 44.2 Å². The Balaban J connectivity index is 1.72. The monoisotopic (exact) mass is 261 g/mol. The second-order valence-corrected chi connectivity index (χ2v) is 5.55. The third kappa shape index (κ3) is 2.57. The smallest absolute Gasteiger partial charge is 0.201 e. The van der Waals surface area contributed by atoms with Crippen LogP contribution in [0.15, 0.2) is 18.2 Å². The van der Waals surface area contributed by atoms with Crippen molar-refractivity contribution in [1.82, 2.24) is 9.55 Å². The molecule has 0 radical (unpaired) electrons. The van der Waals surface area contributed by atoms with Gasteiger partial charge in [0.1, 0.15) is 5.82 Å². The lowest BCUT2D eigenvalue weighted by molar-refractivity contribution is 0.462. The molecular weight excluding hydrogens is 241 g/mol. The molecule has 3 nitrogen and oxygen atoms in total. The molecule has 1 aromatic carbocycles. The van der Waals surface area contributed by atoms with Gasteiger partial charge in [-0.3, -0.25) is 0 Å². The highest BCUT2D eigenvalue weighted by Gasteiger charge is 2.15. The van der Waals surface area contributed by atoms with Gasteiger partial charge in [0, 0.05) is 6.54 Å². The molecule has 2 aromatic rings. The number of fused-ring (bicyclic) bond motifs is 1. The third-order valence-corrected chi connectivity index (χ3v) is 4.21. The third-order valence-electron chi connectivity index (χ3n) is 4.21. The Bertz CT molecular complexity index is 570. The summed E-state index contributed by atoms with van der Waals surface area (Å²) < 4.78 is 15.2. The van der Waals surface area contributed by atoms with Crippen LogP contribution in [0.5, 0.6) is 0 Å². The van der Waals surface area contributed by atoms with E-state index < -0.39 is 0 Å². The van der Waals surface area contributed by atoms with Gasteiger partial charge in [-0.05, 0) is 37.0 Å². The molecule has 0 unspecified atom stereocenters. The normalized spacial score (nSPS) is 16.5. The summed E-state index contributed by atoms with van der Waals surface area (Å²) in [6.07, 6.45) is 7.84. The van der Waals surface area contributed by atoms with Crippen LogP contribution in [0, 0.1) is 11.7 Å².